The van der Waals surface area contributed by atoms with Crippen LogP contribution in [0.5, 0.6) is 0 Å². The van der Waals surface area contributed by atoms with Crippen LogP contribution in [0, 0.1) is 0 Å². The Morgan fingerprint density at radius 1 is 0.800 bits per heavy atom. The number of anilines is 1. The van der Waals surface area contributed by atoms with Gasteiger partial charge in [0.2, 0.25) is 0 Å². The Morgan fingerprint density at radius 2 is 1.67 bits per heavy atom. The van der Waals surface area contributed by atoms with E-state index >= 15 is 0 Å². The standard InChI is InChI=1S/C22H21N7O/c30-22(18-5-1-2-7-20(18)29-25-11-12-26-29)28-14-4-13-27(15-16-28)21-17-6-3-9-23-19(17)8-10-24-21/h1-3,5-12H,4,13-16H2. The SMILES string of the molecule is O=C(c1ccccc1-n1nccn1)N1CCCN(c2nccc3ncccc23)CC1. The van der Waals surface area contributed by atoms with E-state index in [-0.39, 0.29) is 5.91 Å². The highest BCUT2D eigenvalue weighted by Gasteiger charge is 2.24. The zero-order chi connectivity index (χ0) is 20.3. The molecule has 4 heterocycles. The van der Waals surface area contributed by atoms with Crippen LogP contribution >= 0.6 is 0 Å². The molecule has 1 fully saturated rings. The topological polar surface area (TPSA) is 80.0 Å². The van der Waals surface area contributed by atoms with Gasteiger partial charge in [0, 0.05) is 44.0 Å². The van der Waals surface area contributed by atoms with E-state index < -0.39 is 0 Å². The van der Waals surface area contributed by atoms with Gasteiger partial charge in [0.25, 0.3) is 5.91 Å². The Hall–Kier alpha value is -3.81. The zero-order valence-electron chi connectivity index (χ0n) is 16.4. The van der Waals surface area contributed by atoms with Crippen molar-refractivity contribution in [2.45, 2.75) is 6.42 Å². The van der Waals surface area contributed by atoms with E-state index in [1.807, 2.05) is 47.4 Å². The van der Waals surface area contributed by atoms with Crippen LogP contribution in [0.2, 0.25) is 0 Å². The Balaban J connectivity index is 1.38. The van der Waals surface area contributed by atoms with Crippen molar-refractivity contribution in [2.24, 2.45) is 0 Å². The first-order chi connectivity index (χ1) is 14.8. The largest absolute Gasteiger partial charge is 0.354 e. The molecule has 5 rings (SSSR count). The predicted octanol–water partition coefficient (Wildman–Crippen LogP) is 2.56. The molecule has 0 unspecified atom stereocenters. The van der Waals surface area contributed by atoms with Crippen molar-refractivity contribution in [1.29, 1.82) is 0 Å². The normalized spacial score (nSPS) is 14.7. The highest BCUT2D eigenvalue weighted by Crippen LogP contribution is 2.24. The number of hydrogen-bond donors (Lipinski definition) is 0. The number of benzene rings is 1. The molecule has 0 aliphatic carbocycles. The molecule has 0 radical (unpaired) electrons. The highest BCUT2D eigenvalue weighted by atomic mass is 16.2. The summed E-state index contributed by atoms with van der Waals surface area (Å²) >= 11 is 0. The van der Waals surface area contributed by atoms with E-state index in [1.165, 1.54) is 4.80 Å². The summed E-state index contributed by atoms with van der Waals surface area (Å²) in [6.07, 6.45) is 7.67. The second kappa shape index (κ2) is 7.90. The summed E-state index contributed by atoms with van der Waals surface area (Å²) in [5, 5.41) is 9.41. The minimum absolute atomic E-state index is 0.00250. The fraction of sp³-hybridized carbons (Fsp3) is 0.227. The van der Waals surface area contributed by atoms with Crippen molar-refractivity contribution in [3.63, 3.8) is 0 Å². The number of carbonyl (C=O) groups excluding carboxylic acids is 1. The highest BCUT2D eigenvalue weighted by molar-refractivity contribution is 5.97. The van der Waals surface area contributed by atoms with Gasteiger partial charge >= 0.3 is 0 Å². The average Bonchev–Trinajstić information content (AvgIpc) is 3.23. The van der Waals surface area contributed by atoms with Crippen molar-refractivity contribution in [3.8, 4) is 5.69 Å². The molecule has 0 spiro atoms. The first-order valence-electron chi connectivity index (χ1n) is 10.0. The average molecular weight is 399 g/mol. The third-order valence-corrected chi connectivity index (χ3v) is 5.36. The van der Waals surface area contributed by atoms with Gasteiger partial charge in [-0.3, -0.25) is 9.78 Å². The minimum atomic E-state index is -0.00250. The number of hydrogen-bond acceptors (Lipinski definition) is 6. The molecule has 1 saturated heterocycles. The third-order valence-electron chi connectivity index (χ3n) is 5.36. The number of carbonyl (C=O) groups is 1. The maximum absolute atomic E-state index is 13.3. The van der Waals surface area contributed by atoms with Gasteiger partial charge in [0.1, 0.15) is 5.82 Å². The number of fused-ring (bicyclic) bond motifs is 1. The summed E-state index contributed by atoms with van der Waals surface area (Å²) < 4.78 is 0. The van der Waals surface area contributed by atoms with Crippen LogP contribution in [0.1, 0.15) is 16.8 Å². The summed E-state index contributed by atoms with van der Waals surface area (Å²) in [6, 6.07) is 13.4. The van der Waals surface area contributed by atoms with Crippen molar-refractivity contribution >= 4 is 22.6 Å². The van der Waals surface area contributed by atoms with E-state index in [2.05, 4.69) is 25.1 Å². The van der Waals surface area contributed by atoms with Crippen LogP contribution < -0.4 is 4.90 Å². The fourth-order valence-corrected chi connectivity index (χ4v) is 3.91. The molecule has 8 heteroatoms. The molecule has 0 bridgehead atoms. The molecule has 30 heavy (non-hydrogen) atoms. The molecule has 0 atom stereocenters. The van der Waals surface area contributed by atoms with Crippen molar-refractivity contribution in [2.75, 3.05) is 31.1 Å². The monoisotopic (exact) mass is 399 g/mol. The number of nitrogens with zero attached hydrogens (tertiary/aromatic N) is 7. The molecule has 1 amide bonds. The zero-order valence-corrected chi connectivity index (χ0v) is 16.4. The molecular formula is C22H21N7O. The van der Waals surface area contributed by atoms with Crippen LogP contribution in [0.25, 0.3) is 16.6 Å². The van der Waals surface area contributed by atoms with E-state index in [1.54, 1.807) is 24.8 Å². The van der Waals surface area contributed by atoms with Crippen molar-refractivity contribution in [1.82, 2.24) is 29.9 Å². The summed E-state index contributed by atoms with van der Waals surface area (Å²) in [5.41, 5.74) is 2.23. The summed E-state index contributed by atoms with van der Waals surface area (Å²) in [4.78, 5) is 28.0. The molecule has 4 aromatic rings. The van der Waals surface area contributed by atoms with Crippen LogP contribution in [-0.2, 0) is 0 Å². The molecule has 1 aromatic carbocycles. The Morgan fingerprint density at radius 3 is 2.57 bits per heavy atom. The maximum atomic E-state index is 13.3. The van der Waals surface area contributed by atoms with Gasteiger partial charge in [-0.05, 0) is 36.8 Å². The third kappa shape index (κ3) is 3.36. The lowest BCUT2D eigenvalue weighted by molar-refractivity contribution is 0.0766. The van der Waals surface area contributed by atoms with Gasteiger partial charge in [-0.25, -0.2) is 4.98 Å². The number of amides is 1. The van der Waals surface area contributed by atoms with E-state index in [4.69, 9.17) is 0 Å². The fourth-order valence-electron chi connectivity index (χ4n) is 3.91. The van der Waals surface area contributed by atoms with E-state index in [0.29, 0.717) is 24.3 Å². The second-order valence-corrected chi connectivity index (χ2v) is 7.17. The predicted molar refractivity (Wildman–Crippen MR) is 114 cm³/mol. The lowest BCUT2D eigenvalue weighted by Crippen LogP contribution is -2.36. The van der Waals surface area contributed by atoms with Crippen molar-refractivity contribution < 1.29 is 4.79 Å². The van der Waals surface area contributed by atoms with Gasteiger partial charge in [0.15, 0.2) is 0 Å². The number of rotatable bonds is 3. The quantitative estimate of drug-likeness (QED) is 0.527. The molecule has 8 nitrogen and oxygen atoms in total. The van der Waals surface area contributed by atoms with Gasteiger partial charge in [0.05, 0.1) is 29.2 Å². The summed E-state index contributed by atoms with van der Waals surface area (Å²) in [5.74, 6) is 0.924. The van der Waals surface area contributed by atoms with E-state index in [0.717, 1.165) is 36.2 Å². The summed E-state index contributed by atoms with van der Waals surface area (Å²) in [7, 11) is 0. The molecule has 150 valence electrons. The molecule has 0 saturated carbocycles. The molecule has 1 aliphatic rings. The molecule has 0 N–H and O–H groups in total. The molecular weight excluding hydrogens is 378 g/mol. The number of pyridine rings is 2. The van der Waals surface area contributed by atoms with Crippen LogP contribution in [-0.4, -0.2) is 61.9 Å². The Labute approximate surface area is 173 Å². The number of para-hydroxylation sites is 1. The lowest BCUT2D eigenvalue weighted by atomic mass is 10.1. The van der Waals surface area contributed by atoms with Gasteiger partial charge < -0.3 is 9.80 Å². The smallest absolute Gasteiger partial charge is 0.256 e. The Bertz CT molecular complexity index is 1170. The van der Waals surface area contributed by atoms with Crippen LogP contribution in [0.4, 0.5) is 5.82 Å². The minimum Gasteiger partial charge on any atom is -0.354 e. The van der Waals surface area contributed by atoms with Gasteiger partial charge in [-0.15, -0.1) is 0 Å². The number of aromatic nitrogens is 5. The van der Waals surface area contributed by atoms with Gasteiger partial charge in [-0.1, -0.05) is 12.1 Å². The summed E-state index contributed by atoms with van der Waals surface area (Å²) in [6.45, 7) is 2.87. The Kier molecular flexibility index (Phi) is 4.80. The molecule has 3 aromatic heterocycles. The first kappa shape index (κ1) is 18.2. The van der Waals surface area contributed by atoms with Crippen molar-refractivity contribution in [3.05, 3.63) is 72.8 Å². The molecule has 1 aliphatic heterocycles. The van der Waals surface area contributed by atoms with Gasteiger partial charge in [-0.2, -0.15) is 15.0 Å². The lowest BCUT2D eigenvalue weighted by Gasteiger charge is -2.24. The first-order valence-corrected chi connectivity index (χ1v) is 10.0. The maximum Gasteiger partial charge on any atom is 0.256 e. The second-order valence-electron chi connectivity index (χ2n) is 7.17. The van der Waals surface area contributed by atoms with Crippen LogP contribution in [0.3, 0.4) is 0 Å². The van der Waals surface area contributed by atoms with Crippen LogP contribution in [0.15, 0.2) is 67.3 Å². The van der Waals surface area contributed by atoms with E-state index in [9.17, 15) is 4.79 Å².